The van der Waals surface area contributed by atoms with Crippen molar-refractivity contribution in [1.29, 1.82) is 0 Å². The molecule has 0 saturated carbocycles. The average Bonchev–Trinajstić information content (AvgIpc) is 3.00. The molecule has 1 aromatic heterocycles. The molecule has 2 rings (SSSR count). The van der Waals surface area contributed by atoms with Crippen LogP contribution in [0.5, 0.6) is 0 Å². The number of thiophene rings is 1. The predicted molar refractivity (Wildman–Crippen MR) is 81.3 cm³/mol. The van der Waals surface area contributed by atoms with Crippen molar-refractivity contribution in [2.75, 3.05) is 0 Å². The van der Waals surface area contributed by atoms with Gasteiger partial charge in [0.1, 0.15) is 5.84 Å². The van der Waals surface area contributed by atoms with Crippen molar-refractivity contribution in [3.8, 4) is 0 Å². The van der Waals surface area contributed by atoms with E-state index in [1.54, 1.807) is 24.3 Å². The Morgan fingerprint density at radius 1 is 1.05 bits per heavy atom. The summed E-state index contributed by atoms with van der Waals surface area (Å²) in [6.45, 7) is 0. The van der Waals surface area contributed by atoms with E-state index in [1.165, 1.54) is 11.3 Å². The van der Waals surface area contributed by atoms with Crippen molar-refractivity contribution in [1.82, 2.24) is 10.9 Å². The van der Waals surface area contributed by atoms with Gasteiger partial charge >= 0.3 is 6.03 Å². The topological polar surface area (TPSA) is 123 Å². The SMILES string of the molecule is NC(=O)NNC(=O)c1ccc(N=C(N)c2cccs2)cc1. The number of urea groups is 1. The third-order valence-electron chi connectivity index (χ3n) is 2.45. The molecular formula is C13H13N5O2S. The zero-order chi connectivity index (χ0) is 15.2. The molecule has 8 heteroatoms. The van der Waals surface area contributed by atoms with Gasteiger partial charge in [-0.15, -0.1) is 11.3 Å². The number of rotatable bonds is 3. The van der Waals surface area contributed by atoms with Crippen LogP contribution in [0, 0.1) is 0 Å². The highest BCUT2D eigenvalue weighted by Gasteiger charge is 2.06. The van der Waals surface area contributed by atoms with Gasteiger partial charge in [-0.1, -0.05) is 6.07 Å². The highest BCUT2D eigenvalue weighted by atomic mass is 32.1. The fourth-order valence-corrected chi connectivity index (χ4v) is 2.12. The summed E-state index contributed by atoms with van der Waals surface area (Å²) < 4.78 is 0. The summed E-state index contributed by atoms with van der Waals surface area (Å²) in [7, 11) is 0. The number of amidine groups is 1. The van der Waals surface area contributed by atoms with Gasteiger partial charge in [0, 0.05) is 5.56 Å². The first-order valence-corrected chi connectivity index (χ1v) is 6.78. The number of amides is 3. The average molecular weight is 303 g/mol. The van der Waals surface area contributed by atoms with Crippen LogP contribution in [0.25, 0.3) is 0 Å². The van der Waals surface area contributed by atoms with Gasteiger partial charge in [-0.3, -0.25) is 10.2 Å². The second-order valence-electron chi connectivity index (χ2n) is 3.96. The summed E-state index contributed by atoms with van der Waals surface area (Å²) >= 11 is 1.50. The van der Waals surface area contributed by atoms with Gasteiger partial charge in [0.15, 0.2) is 0 Å². The molecule has 0 unspecified atom stereocenters. The van der Waals surface area contributed by atoms with Gasteiger partial charge in [-0.2, -0.15) is 0 Å². The molecule has 0 bridgehead atoms. The van der Waals surface area contributed by atoms with Gasteiger partial charge in [-0.05, 0) is 35.7 Å². The highest BCUT2D eigenvalue weighted by molar-refractivity contribution is 7.12. The van der Waals surface area contributed by atoms with Crippen LogP contribution in [-0.2, 0) is 0 Å². The van der Waals surface area contributed by atoms with Crippen LogP contribution in [0.3, 0.4) is 0 Å². The zero-order valence-corrected chi connectivity index (χ0v) is 11.7. The first kappa shape index (κ1) is 14.5. The Balaban J connectivity index is 2.07. The summed E-state index contributed by atoms with van der Waals surface area (Å²) in [6, 6.07) is 9.37. The fourth-order valence-electron chi connectivity index (χ4n) is 1.50. The van der Waals surface area contributed by atoms with Crippen LogP contribution >= 0.6 is 11.3 Å². The van der Waals surface area contributed by atoms with Crippen LogP contribution < -0.4 is 22.3 Å². The number of hydrogen-bond acceptors (Lipinski definition) is 4. The van der Waals surface area contributed by atoms with E-state index >= 15 is 0 Å². The molecule has 1 aromatic carbocycles. The van der Waals surface area contributed by atoms with Crippen LogP contribution in [0.15, 0.2) is 46.8 Å². The molecule has 0 spiro atoms. The number of nitrogens with one attached hydrogen (secondary N) is 2. The van der Waals surface area contributed by atoms with E-state index in [9.17, 15) is 9.59 Å². The second-order valence-corrected chi connectivity index (χ2v) is 4.91. The number of carbonyl (C=O) groups is 2. The summed E-state index contributed by atoms with van der Waals surface area (Å²) in [5.74, 6) is -0.0619. The van der Waals surface area contributed by atoms with Gasteiger partial charge < -0.3 is 11.5 Å². The maximum Gasteiger partial charge on any atom is 0.330 e. The Kier molecular flexibility index (Phi) is 4.52. The molecule has 1 heterocycles. The summed E-state index contributed by atoms with van der Waals surface area (Å²) in [4.78, 5) is 27.3. The molecule has 7 nitrogen and oxygen atoms in total. The number of nitrogens with zero attached hydrogens (tertiary/aromatic N) is 1. The maximum absolute atomic E-state index is 11.6. The Hall–Kier alpha value is -2.87. The molecule has 0 aliphatic rings. The largest absolute Gasteiger partial charge is 0.383 e. The lowest BCUT2D eigenvalue weighted by Gasteiger charge is -2.05. The number of primary amides is 1. The number of aliphatic imine (C=N–C) groups is 1. The third-order valence-corrected chi connectivity index (χ3v) is 3.34. The van der Waals surface area contributed by atoms with Crippen molar-refractivity contribution in [2.24, 2.45) is 16.5 Å². The highest BCUT2D eigenvalue weighted by Crippen LogP contribution is 2.16. The minimum Gasteiger partial charge on any atom is -0.383 e. The quantitative estimate of drug-likeness (QED) is 0.385. The standard InChI is InChI=1S/C13H13N5O2S/c14-11(10-2-1-7-21-10)16-9-5-3-8(4-6-9)12(19)17-18-13(15)20/h1-7H,(H2,14,16)(H,17,19)(H3,15,18,20). The van der Waals surface area contributed by atoms with E-state index in [4.69, 9.17) is 11.5 Å². The summed E-state index contributed by atoms with van der Waals surface area (Å²) in [5, 5.41) is 1.91. The van der Waals surface area contributed by atoms with E-state index in [0.717, 1.165) is 4.88 Å². The van der Waals surface area contributed by atoms with E-state index in [-0.39, 0.29) is 0 Å². The van der Waals surface area contributed by atoms with E-state index in [0.29, 0.717) is 17.1 Å². The molecule has 0 aliphatic heterocycles. The first-order chi connectivity index (χ1) is 10.1. The number of carbonyl (C=O) groups excluding carboxylic acids is 2. The van der Waals surface area contributed by atoms with Crippen LogP contribution in [0.4, 0.5) is 10.5 Å². The third kappa shape index (κ3) is 4.05. The van der Waals surface area contributed by atoms with Gasteiger partial charge in [0.05, 0.1) is 10.6 Å². The molecule has 3 amide bonds. The Morgan fingerprint density at radius 2 is 1.76 bits per heavy atom. The predicted octanol–water partition coefficient (Wildman–Crippen LogP) is 1.10. The number of hydrazine groups is 1. The number of hydrogen-bond donors (Lipinski definition) is 4. The Bertz CT molecular complexity index is 664. The van der Waals surface area contributed by atoms with Crippen LogP contribution in [-0.4, -0.2) is 17.8 Å². The lowest BCUT2D eigenvalue weighted by atomic mass is 10.2. The molecule has 0 radical (unpaired) electrons. The van der Waals surface area contributed by atoms with Crippen LogP contribution in [0.2, 0.25) is 0 Å². The summed E-state index contributed by atoms with van der Waals surface area (Å²) in [5.41, 5.74) is 15.9. The smallest absolute Gasteiger partial charge is 0.330 e. The number of nitrogens with two attached hydrogens (primary N) is 2. The van der Waals surface area contributed by atoms with Gasteiger partial charge in [-0.25, -0.2) is 15.2 Å². The van der Waals surface area contributed by atoms with Crippen molar-refractivity contribution < 1.29 is 9.59 Å². The molecule has 0 aliphatic carbocycles. The molecular weight excluding hydrogens is 290 g/mol. The molecule has 108 valence electrons. The molecule has 2 aromatic rings. The first-order valence-electron chi connectivity index (χ1n) is 5.90. The lowest BCUT2D eigenvalue weighted by Crippen LogP contribution is -2.44. The summed E-state index contributed by atoms with van der Waals surface area (Å²) in [6.07, 6.45) is 0. The number of benzene rings is 1. The van der Waals surface area contributed by atoms with Crippen molar-refractivity contribution in [3.63, 3.8) is 0 Å². The second kappa shape index (κ2) is 6.53. The monoisotopic (exact) mass is 303 g/mol. The van der Waals surface area contributed by atoms with E-state index in [1.807, 2.05) is 22.9 Å². The van der Waals surface area contributed by atoms with Crippen molar-refractivity contribution in [2.45, 2.75) is 0 Å². The Morgan fingerprint density at radius 3 is 2.33 bits per heavy atom. The molecule has 0 saturated heterocycles. The minimum atomic E-state index is -0.840. The molecule has 0 fully saturated rings. The van der Waals surface area contributed by atoms with Gasteiger partial charge in [0.2, 0.25) is 0 Å². The molecule has 0 atom stereocenters. The maximum atomic E-state index is 11.6. The fraction of sp³-hybridized carbons (Fsp3) is 0. The molecule has 21 heavy (non-hydrogen) atoms. The van der Waals surface area contributed by atoms with E-state index in [2.05, 4.69) is 10.4 Å². The normalized spacial score (nSPS) is 11.0. The molecule has 6 N–H and O–H groups in total. The minimum absolute atomic E-state index is 0.359. The Labute approximate surface area is 124 Å². The van der Waals surface area contributed by atoms with Gasteiger partial charge in [0.25, 0.3) is 5.91 Å². The van der Waals surface area contributed by atoms with Crippen molar-refractivity contribution in [3.05, 3.63) is 52.2 Å². The van der Waals surface area contributed by atoms with Crippen molar-refractivity contribution >= 4 is 34.8 Å². The lowest BCUT2D eigenvalue weighted by molar-refractivity contribution is 0.0937. The van der Waals surface area contributed by atoms with E-state index < -0.39 is 11.9 Å². The zero-order valence-electron chi connectivity index (χ0n) is 10.9. The van der Waals surface area contributed by atoms with Crippen LogP contribution in [0.1, 0.15) is 15.2 Å².